The lowest BCUT2D eigenvalue weighted by Gasteiger charge is -2.06. The molecule has 0 atom stereocenters. The van der Waals surface area contributed by atoms with E-state index in [1.54, 1.807) is 25.2 Å². The number of amides is 1. The monoisotopic (exact) mass is 199 g/mol. The van der Waals surface area contributed by atoms with Crippen LogP contribution in [0.4, 0.5) is 0 Å². The zero-order valence-electron chi connectivity index (χ0n) is 7.43. The summed E-state index contributed by atoms with van der Waals surface area (Å²) in [4.78, 5) is 11.3. The van der Waals surface area contributed by atoms with Crippen LogP contribution in [-0.4, -0.2) is 20.1 Å². The van der Waals surface area contributed by atoms with Crippen molar-refractivity contribution in [3.05, 3.63) is 28.8 Å². The molecule has 0 bridgehead atoms. The molecule has 0 aliphatic rings. The summed E-state index contributed by atoms with van der Waals surface area (Å²) in [7, 11) is 3.07. The Morgan fingerprint density at radius 3 is 2.77 bits per heavy atom. The van der Waals surface area contributed by atoms with E-state index in [-0.39, 0.29) is 5.91 Å². The summed E-state index contributed by atoms with van der Waals surface area (Å²) in [6.45, 7) is 0. The number of halogens is 1. The first-order valence-electron chi connectivity index (χ1n) is 3.74. The molecule has 1 rings (SSSR count). The third-order valence-electron chi connectivity index (χ3n) is 1.63. The van der Waals surface area contributed by atoms with Crippen LogP contribution in [-0.2, 0) is 0 Å². The topological polar surface area (TPSA) is 38.3 Å². The van der Waals surface area contributed by atoms with Crippen molar-refractivity contribution in [1.29, 1.82) is 0 Å². The Hall–Kier alpha value is -1.22. The van der Waals surface area contributed by atoms with Crippen LogP contribution in [0.2, 0.25) is 5.02 Å². The number of hydrogen-bond acceptors (Lipinski definition) is 2. The van der Waals surface area contributed by atoms with Gasteiger partial charge in [0.2, 0.25) is 0 Å². The first-order chi connectivity index (χ1) is 6.19. The second kappa shape index (κ2) is 4.14. The molecule has 1 amide bonds. The molecule has 0 heterocycles. The molecule has 1 N–H and O–H groups in total. The highest BCUT2D eigenvalue weighted by molar-refractivity contribution is 6.31. The molecule has 3 nitrogen and oxygen atoms in total. The van der Waals surface area contributed by atoms with Crippen molar-refractivity contribution in [3.8, 4) is 5.75 Å². The Morgan fingerprint density at radius 2 is 2.23 bits per heavy atom. The van der Waals surface area contributed by atoms with Crippen molar-refractivity contribution in [1.82, 2.24) is 5.32 Å². The molecule has 0 aliphatic heterocycles. The van der Waals surface area contributed by atoms with Crippen LogP contribution < -0.4 is 10.1 Å². The van der Waals surface area contributed by atoms with Gasteiger partial charge in [-0.2, -0.15) is 0 Å². The molecular weight excluding hydrogens is 190 g/mol. The molecule has 1 aromatic carbocycles. The van der Waals surface area contributed by atoms with Crippen LogP contribution in [0, 0.1) is 0 Å². The van der Waals surface area contributed by atoms with Crippen LogP contribution in [0.15, 0.2) is 18.2 Å². The summed E-state index contributed by atoms with van der Waals surface area (Å²) in [6.07, 6.45) is 0. The molecule has 0 saturated carbocycles. The molecule has 0 unspecified atom stereocenters. The van der Waals surface area contributed by atoms with E-state index in [9.17, 15) is 4.79 Å². The van der Waals surface area contributed by atoms with Crippen LogP contribution in [0.25, 0.3) is 0 Å². The first kappa shape index (κ1) is 9.86. The maximum atomic E-state index is 11.3. The Labute approximate surface area is 81.7 Å². The van der Waals surface area contributed by atoms with E-state index in [1.807, 2.05) is 0 Å². The SMILES string of the molecule is CNC(=O)c1cc(Cl)ccc1OC. The largest absolute Gasteiger partial charge is 0.496 e. The van der Waals surface area contributed by atoms with Gasteiger partial charge in [0, 0.05) is 12.1 Å². The number of nitrogens with one attached hydrogen (secondary N) is 1. The fraction of sp³-hybridized carbons (Fsp3) is 0.222. The standard InChI is InChI=1S/C9H10ClNO2/c1-11-9(12)7-5-6(10)3-4-8(7)13-2/h3-5H,1-2H3,(H,11,12). The zero-order chi connectivity index (χ0) is 9.84. The first-order valence-corrected chi connectivity index (χ1v) is 4.12. The minimum Gasteiger partial charge on any atom is -0.496 e. The van der Waals surface area contributed by atoms with Gasteiger partial charge in [0.15, 0.2) is 0 Å². The summed E-state index contributed by atoms with van der Waals surface area (Å²) in [5, 5.41) is 3.02. The minimum absolute atomic E-state index is 0.209. The van der Waals surface area contributed by atoms with Gasteiger partial charge in [-0.1, -0.05) is 11.6 Å². The predicted octanol–water partition coefficient (Wildman–Crippen LogP) is 1.71. The molecule has 0 fully saturated rings. The number of carbonyl (C=O) groups is 1. The van der Waals surface area contributed by atoms with Crippen molar-refractivity contribution in [3.63, 3.8) is 0 Å². The fourth-order valence-electron chi connectivity index (χ4n) is 0.992. The molecule has 13 heavy (non-hydrogen) atoms. The van der Waals surface area contributed by atoms with Gasteiger partial charge in [-0.05, 0) is 18.2 Å². The highest BCUT2D eigenvalue weighted by Gasteiger charge is 2.10. The van der Waals surface area contributed by atoms with E-state index >= 15 is 0 Å². The summed E-state index contributed by atoms with van der Waals surface area (Å²) in [5.41, 5.74) is 0.442. The Bertz CT molecular complexity index is 325. The quantitative estimate of drug-likeness (QED) is 0.788. The lowest BCUT2D eigenvalue weighted by atomic mass is 10.2. The van der Waals surface area contributed by atoms with E-state index in [0.29, 0.717) is 16.3 Å². The second-order valence-corrected chi connectivity index (χ2v) is 2.86. The molecular formula is C9H10ClNO2. The van der Waals surface area contributed by atoms with E-state index in [2.05, 4.69) is 5.32 Å². The number of carbonyl (C=O) groups excluding carboxylic acids is 1. The highest BCUT2D eigenvalue weighted by atomic mass is 35.5. The van der Waals surface area contributed by atoms with Gasteiger partial charge in [-0.3, -0.25) is 4.79 Å². The zero-order valence-corrected chi connectivity index (χ0v) is 8.18. The normalized spacial score (nSPS) is 9.46. The number of rotatable bonds is 2. The smallest absolute Gasteiger partial charge is 0.254 e. The van der Waals surface area contributed by atoms with Crippen molar-refractivity contribution in [2.75, 3.05) is 14.2 Å². The second-order valence-electron chi connectivity index (χ2n) is 2.42. The summed E-state index contributed by atoms with van der Waals surface area (Å²) < 4.78 is 5.00. The lowest BCUT2D eigenvalue weighted by Crippen LogP contribution is -2.18. The summed E-state index contributed by atoms with van der Waals surface area (Å²) in [5.74, 6) is 0.308. The van der Waals surface area contributed by atoms with Gasteiger partial charge >= 0.3 is 0 Å². The van der Waals surface area contributed by atoms with Gasteiger partial charge in [-0.15, -0.1) is 0 Å². The van der Waals surface area contributed by atoms with Gasteiger partial charge in [0.25, 0.3) is 5.91 Å². The van der Waals surface area contributed by atoms with Crippen LogP contribution in [0.5, 0.6) is 5.75 Å². The van der Waals surface area contributed by atoms with Gasteiger partial charge < -0.3 is 10.1 Å². The third kappa shape index (κ3) is 2.12. The molecule has 1 aromatic rings. The van der Waals surface area contributed by atoms with E-state index in [1.165, 1.54) is 7.11 Å². The van der Waals surface area contributed by atoms with Gasteiger partial charge in [0.1, 0.15) is 5.75 Å². The van der Waals surface area contributed by atoms with E-state index < -0.39 is 0 Å². The number of methoxy groups -OCH3 is 1. The maximum absolute atomic E-state index is 11.3. The lowest BCUT2D eigenvalue weighted by molar-refractivity contribution is 0.0960. The number of ether oxygens (including phenoxy) is 1. The highest BCUT2D eigenvalue weighted by Crippen LogP contribution is 2.22. The number of hydrogen-bond donors (Lipinski definition) is 1. The van der Waals surface area contributed by atoms with Crippen molar-refractivity contribution in [2.24, 2.45) is 0 Å². The fourth-order valence-corrected chi connectivity index (χ4v) is 1.16. The Morgan fingerprint density at radius 1 is 1.54 bits per heavy atom. The van der Waals surface area contributed by atoms with Gasteiger partial charge in [0.05, 0.1) is 12.7 Å². The summed E-state index contributed by atoms with van der Waals surface area (Å²) in [6, 6.07) is 4.90. The van der Waals surface area contributed by atoms with Crippen LogP contribution in [0.1, 0.15) is 10.4 Å². The Balaban J connectivity index is 3.15. The molecule has 0 spiro atoms. The third-order valence-corrected chi connectivity index (χ3v) is 1.87. The van der Waals surface area contributed by atoms with Crippen molar-refractivity contribution >= 4 is 17.5 Å². The van der Waals surface area contributed by atoms with Crippen LogP contribution in [0.3, 0.4) is 0 Å². The average molecular weight is 200 g/mol. The number of benzene rings is 1. The predicted molar refractivity (Wildman–Crippen MR) is 51.4 cm³/mol. The minimum atomic E-state index is -0.209. The van der Waals surface area contributed by atoms with Crippen molar-refractivity contribution < 1.29 is 9.53 Å². The van der Waals surface area contributed by atoms with Crippen LogP contribution >= 0.6 is 11.6 Å². The Kier molecular flexibility index (Phi) is 3.14. The van der Waals surface area contributed by atoms with E-state index in [0.717, 1.165) is 0 Å². The maximum Gasteiger partial charge on any atom is 0.254 e. The molecule has 0 radical (unpaired) electrons. The van der Waals surface area contributed by atoms with Gasteiger partial charge in [-0.25, -0.2) is 0 Å². The summed E-state index contributed by atoms with van der Waals surface area (Å²) >= 11 is 5.74. The van der Waals surface area contributed by atoms with E-state index in [4.69, 9.17) is 16.3 Å². The molecule has 0 saturated heterocycles. The molecule has 0 aliphatic carbocycles. The molecule has 0 aromatic heterocycles. The average Bonchev–Trinajstić information content (AvgIpc) is 2.16. The molecule has 4 heteroatoms. The molecule has 70 valence electrons. The van der Waals surface area contributed by atoms with Crippen molar-refractivity contribution in [2.45, 2.75) is 0 Å².